The van der Waals surface area contributed by atoms with Crippen LogP contribution in [0.4, 0.5) is 5.69 Å². The lowest BCUT2D eigenvalue weighted by atomic mass is 10.2. The van der Waals surface area contributed by atoms with E-state index in [-0.39, 0.29) is 16.3 Å². The maximum absolute atomic E-state index is 12.1. The van der Waals surface area contributed by atoms with Gasteiger partial charge in [0.1, 0.15) is 10.6 Å². The number of nitrogens with two attached hydrogens (primary N) is 1. The number of halogens is 1. The highest BCUT2D eigenvalue weighted by Crippen LogP contribution is 2.26. The molecule has 8 heteroatoms. The number of sulfonamides is 1. The fraction of sp³-hybridized carbons (Fsp3) is 0.0714. The van der Waals surface area contributed by atoms with Crippen LogP contribution in [0.15, 0.2) is 47.4 Å². The van der Waals surface area contributed by atoms with Crippen LogP contribution in [-0.4, -0.2) is 21.4 Å². The molecule has 0 aromatic heterocycles. The standard InChI is InChI=1S/C14H13ClN2O4S/c1-21-12-7-6-11(8-13(12)22(16,19)20)17-14(18)9-2-4-10(15)5-3-9/h2-8H,1H3,(H,17,18)(H2,16,19,20). The number of methoxy groups -OCH3 is 1. The third kappa shape index (κ3) is 3.76. The Bertz CT molecular complexity index is 804. The molecule has 0 unspecified atom stereocenters. The van der Waals surface area contributed by atoms with Gasteiger partial charge >= 0.3 is 0 Å². The van der Waals surface area contributed by atoms with Crippen molar-refractivity contribution in [2.24, 2.45) is 5.14 Å². The van der Waals surface area contributed by atoms with E-state index in [9.17, 15) is 13.2 Å². The van der Waals surface area contributed by atoms with Crippen LogP contribution in [0.1, 0.15) is 10.4 Å². The van der Waals surface area contributed by atoms with E-state index >= 15 is 0 Å². The van der Waals surface area contributed by atoms with E-state index in [1.165, 1.54) is 25.3 Å². The van der Waals surface area contributed by atoms with Gasteiger partial charge in [-0.2, -0.15) is 0 Å². The van der Waals surface area contributed by atoms with Crippen LogP contribution in [0.5, 0.6) is 5.75 Å². The first-order chi connectivity index (χ1) is 10.3. The first-order valence-corrected chi connectivity index (χ1v) is 8.01. The van der Waals surface area contributed by atoms with E-state index in [1.54, 1.807) is 24.3 Å². The van der Waals surface area contributed by atoms with Crippen molar-refractivity contribution in [1.82, 2.24) is 0 Å². The number of amides is 1. The molecule has 0 bridgehead atoms. The summed E-state index contributed by atoms with van der Waals surface area (Å²) in [5, 5.41) is 8.22. The number of primary sulfonamides is 1. The van der Waals surface area contributed by atoms with Crippen LogP contribution < -0.4 is 15.2 Å². The second-order valence-electron chi connectivity index (χ2n) is 4.37. The number of rotatable bonds is 4. The Balaban J connectivity index is 2.30. The molecule has 2 aromatic rings. The molecule has 6 nitrogen and oxygen atoms in total. The number of benzene rings is 2. The highest BCUT2D eigenvalue weighted by Gasteiger charge is 2.16. The van der Waals surface area contributed by atoms with Gasteiger partial charge in [-0.25, -0.2) is 13.6 Å². The Hall–Kier alpha value is -2.09. The lowest BCUT2D eigenvalue weighted by molar-refractivity contribution is 0.102. The van der Waals surface area contributed by atoms with Crippen LogP contribution in [0.25, 0.3) is 0 Å². The summed E-state index contributed by atoms with van der Waals surface area (Å²) >= 11 is 5.75. The zero-order valence-electron chi connectivity index (χ0n) is 11.5. The Labute approximate surface area is 132 Å². The van der Waals surface area contributed by atoms with Crippen molar-refractivity contribution in [2.45, 2.75) is 4.90 Å². The molecule has 0 saturated carbocycles. The predicted octanol–water partition coefficient (Wildman–Crippen LogP) is 2.25. The van der Waals surface area contributed by atoms with Gasteiger partial charge in [0.15, 0.2) is 0 Å². The predicted molar refractivity (Wildman–Crippen MR) is 83.8 cm³/mol. The van der Waals surface area contributed by atoms with Gasteiger partial charge in [0.25, 0.3) is 5.91 Å². The minimum Gasteiger partial charge on any atom is -0.495 e. The molecule has 0 saturated heterocycles. The molecule has 3 N–H and O–H groups in total. The number of anilines is 1. The molecule has 2 aromatic carbocycles. The van der Waals surface area contributed by atoms with Crippen LogP contribution in [-0.2, 0) is 10.0 Å². The van der Waals surface area contributed by atoms with E-state index in [0.29, 0.717) is 10.6 Å². The second-order valence-corrected chi connectivity index (χ2v) is 6.34. The van der Waals surface area contributed by atoms with Crippen LogP contribution in [0, 0.1) is 0 Å². The number of hydrogen-bond donors (Lipinski definition) is 2. The van der Waals surface area contributed by atoms with Gasteiger partial charge in [0, 0.05) is 16.3 Å². The average Bonchev–Trinajstić information content (AvgIpc) is 2.47. The van der Waals surface area contributed by atoms with Gasteiger partial charge in [-0.1, -0.05) is 11.6 Å². The number of carbonyl (C=O) groups excluding carboxylic acids is 1. The van der Waals surface area contributed by atoms with Crippen LogP contribution in [0.3, 0.4) is 0 Å². The third-order valence-electron chi connectivity index (χ3n) is 2.83. The molecule has 0 fully saturated rings. The largest absolute Gasteiger partial charge is 0.495 e. The highest BCUT2D eigenvalue weighted by atomic mass is 35.5. The number of nitrogens with one attached hydrogen (secondary N) is 1. The summed E-state index contributed by atoms with van der Waals surface area (Å²) in [5.41, 5.74) is 0.669. The molecular formula is C14H13ClN2O4S. The first-order valence-electron chi connectivity index (χ1n) is 6.09. The van der Waals surface area contributed by atoms with E-state index < -0.39 is 15.9 Å². The molecule has 116 valence electrons. The third-order valence-corrected chi connectivity index (χ3v) is 4.02. The Morgan fingerprint density at radius 1 is 1.18 bits per heavy atom. The monoisotopic (exact) mass is 340 g/mol. The molecule has 2 rings (SSSR count). The zero-order chi connectivity index (χ0) is 16.3. The molecule has 22 heavy (non-hydrogen) atoms. The van der Waals surface area contributed by atoms with E-state index in [0.717, 1.165) is 0 Å². The Morgan fingerprint density at radius 2 is 1.82 bits per heavy atom. The summed E-state index contributed by atoms with van der Waals surface area (Å²) in [6.07, 6.45) is 0. The first kappa shape index (κ1) is 16.3. The summed E-state index contributed by atoms with van der Waals surface area (Å²) in [6.45, 7) is 0. The van der Waals surface area contributed by atoms with Crippen molar-refractivity contribution in [3.8, 4) is 5.75 Å². The van der Waals surface area contributed by atoms with Crippen molar-refractivity contribution in [3.63, 3.8) is 0 Å². The number of hydrogen-bond acceptors (Lipinski definition) is 4. The summed E-state index contributed by atoms with van der Waals surface area (Å²) in [7, 11) is -2.64. The number of carbonyl (C=O) groups is 1. The van der Waals surface area contributed by atoms with Crippen molar-refractivity contribution in [1.29, 1.82) is 0 Å². The van der Waals surface area contributed by atoms with Crippen molar-refractivity contribution in [3.05, 3.63) is 53.1 Å². The normalized spacial score (nSPS) is 11.0. The maximum atomic E-state index is 12.1. The fourth-order valence-electron chi connectivity index (χ4n) is 1.78. The van der Waals surface area contributed by atoms with Gasteiger partial charge in [-0.15, -0.1) is 0 Å². The molecule has 0 aliphatic rings. The minimum absolute atomic E-state index is 0.104. The molecule has 0 radical (unpaired) electrons. The molecule has 0 atom stereocenters. The molecule has 0 spiro atoms. The topological polar surface area (TPSA) is 98.5 Å². The van der Waals surface area contributed by atoms with E-state index in [1.807, 2.05) is 0 Å². The Morgan fingerprint density at radius 3 is 2.36 bits per heavy atom. The molecule has 0 aliphatic heterocycles. The zero-order valence-corrected chi connectivity index (χ0v) is 13.1. The average molecular weight is 341 g/mol. The summed E-state index contributed by atoms with van der Waals surface area (Å²) in [5.74, 6) is -0.297. The van der Waals surface area contributed by atoms with Crippen LogP contribution in [0.2, 0.25) is 5.02 Å². The Kier molecular flexibility index (Phi) is 4.70. The van der Waals surface area contributed by atoms with Crippen molar-refractivity contribution in [2.75, 3.05) is 12.4 Å². The van der Waals surface area contributed by atoms with Crippen molar-refractivity contribution < 1.29 is 17.9 Å². The fourth-order valence-corrected chi connectivity index (χ4v) is 2.63. The van der Waals surface area contributed by atoms with Crippen LogP contribution >= 0.6 is 11.6 Å². The van der Waals surface area contributed by atoms with Crippen molar-refractivity contribution >= 4 is 33.2 Å². The van der Waals surface area contributed by atoms with Gasteiger partial charge in [0.2, 0.25) is 10.0 Å². The number of ether oxygens (including phenoxy) is 1. The molecule has 1 amide bonds. The summed E-state index contributed by atoms with van der Waals surface area (Å²) in [4.78, 5) is 11.9. The molecular weight excluding hydrogens is 328 g/mol. The highest BCUT2D eigenvalue weighted by molar-refractivity contribution is 7.89. The van der Waals surface area contributed by atoms with E-state index in [2.05, 4.69) is 5.32 Å². The maximum Gasteiger partial charge on any atom is 0.255 e. The van der Waals surface area contributed by atoms with Gasteiger partial charge in [-0.3, -0.25) is 4.79 Å². The second kappa shape index (κ2) is 6.35. The smallest absolute Gasteiger partial charge is 0.255 e. The van der Waals surface area contributed by atoms with E-state index in [4.69, 9.17) is 21.5 Å². The lowest BCUT2D eigenvalue weighted by Gasteiger charge is -2.10. The summed E-state index contributed by atoms with van der Waals surface area (Å²) in [6, 6.07) is 10.4. The van der Waals surface area contributed by atoms with Gasteiger partial charge < -0.3 is 10.1 Å². The summed E-state index contributed by atoms with van der Waals surface area (Å²) < 4.78 is 28.0. The molecule has 0 aliphatic carbocycles. The quantitative estimate of drug-likeness (QED) is 0.891. The molecule has 0 heterocycles. The SMILES string of the molecule is COc1ccc(NC(=O)c2ccc(Cl)cc2)cc1S(N)(=O)=O. The van der Waals surface area contributed by atoms with Gasteiger partial charge in [0.05, 0.1) is 7.11 Å². The van der Waals surface area contributed by atoms with Gasteiger partial charge in [-0.05, 0) is 42.5 Å². The lowest BCUT2D eigenvalue weighted by Crippen LogP contribution is -2.15. The minimum atomic E-state index is -3.97.